The van der Waals surface area contributed by atoms with E-state index in [1.165, 1.54) is 0 Å². The molecule has 1 aliphatic heterocycles. The zero-order chi connectivity index (χ0) is 22.0. The van der Waals surface area contributed by atoms with Crippen molar-refractivity contribution in [2.24, 2.45) is 0 Å². The van der Waals surface area contributed by atoms with E-state index in [2.05, 4.69) is 15.6 Å². The van der Waals surface area contributed by atoms with Crippen LogP contribution in [0.1, 0.15) is 29.8 Å². The van der Waals surface area contributed by atoms with Crippen molar-refractivity contribution in [1.29, 1.82) is 0 Å². The summed E-state index contributed by atoms with van der Waals surface area (Å²) >= 11 is 0. The molecular weight excluding hydrogens is 392 g/mol. The van der Waals surface area contributed by atoms with E-state index in [1.807, 2.05) is 73.3 Å². The summed E-state index contributed by atoms with van der Waals surface area (Å²) in [5, 5.41) is 5.89. The first-order chi connectivity index (χ1) is 14.9. The molecule has 7 nitrogen and oxygen atoms in total. The minimum Gasteiger partial charge on any atom is -0.497 e. The second kappa shape index (κ2) is 8.10. The third kappa shape index (κ3) is 4.21. The normalized spacial score (nSPS) is 14.4. The molecule has 2 N–H and O–H groups in total. The van der Waals surface area contributed by atoms with Gasteiger partial charge in [0, 0.05) is 18.0 Å². The van der Waals surface area contributed by atoms with E-state index < -0.39 is 5.66 Å². The minimum atomic E-state index is -0.656. The van der Waals surface area contributed by atoms with Crippen LogP contribution in [0.2, 0.25) is 0 Å². The molecule has 2 amide bonds. The summed E-state index contributed by atoms with van der Waals surface area (Å²) in [4.78, 5) is 31.4. The van der Waals surface area contributed by atoms with Crippen molar-refractivity contribution >= 4 is 29.0 Å². The Morgan fingerprint density at radius 2 is 1.87 bits per heavy atom. The van der Waals surface area contributed by atoms with Gasteiger partial charge in [0.1, 0.15) is 17.2 Å². The number of amides is 2. The van der Waals surface area contributed by atoms with E-state index >= 15 is 0 Å². The summed E-state index contributed by atoms with van der Waals surface area (Å²) in [6, 6.07) is 18.5. The van der Waals surface area contributed by atoms with E-state index in [9.17, 15) is 9.59 Å². The number of fused-ring (bicyclic) bond motifs is 1. The second-order valence-corrected chi connectivity index (χ2v) is 7.84. The van der Waals surface area contributed by atoms with Crippen LogP contribution in [0.3, 0.4) is 0 Å². The van der Waals surface area contributed by atoms with Gasteiger partial charge >= 0.3 is 0 Å². The van der Waals surface area contributed by atoms with Gasteiger partial charge in [-0.2, -0.15) is 0 Å². The van der Waals surface area contributed by atoms with Gasteiger partial charge in [-0.15, -0.1) is 0 Å². The Balaban J connectivity index is 1.57. The minimum absolute atomic E-state index is 0.112. The molecular formula is C24H24N4O3. The van der Waals surface area contributed by atoms with Crippen LogP contribution in [0, 0.1) is 0 Å². The Bertz CT molecular complexity index is 1130. The van der Waals surface area contributed by atoms with E-state index in [1.54, 1.807) is 19.4 Å². The third-order valence-electron chi connectivity index (χ3n) is 5.16. The van der Waals surface area contributed by atoms with Gasteiger partial charge in [-0.3, -0.25) is 9.59 Å². The average Bonchev–Trinajstić information content (AvgIpc) is 2.74. The summed E-state index contributed by atoms with van der Waals surface area (Å²) in [5.74, 6) is 0.914. The number of hydrogen-bond donors (Lipinski definition) is 2. The zero-order valence-corrected chi connectivity index (χ0v) is 17.7. The molecule has 2 heterocycles. The number of hydrogen-bond acceptors (Lipinski definition) is 5. The molecule has 31 heavy (non-hydrogen) atoms. The number of methoxy groups -OCH3 is 1. The van der Waals surface area contributed by atoms with Crippen molar-refractivity contribution < 1.29 is 14.3 Å². The van der Waals surface area contributed by atoms with Crippen LogP contribution in [0.5, 0.6) is 5.75 Å². The maximum absolute atomic E-state index is 12.5. The van der Waals surface area contributed by atoms with Crippen molar-refractivity contribution in [2.45, 2.75) is 25.9 Å². The van der Waals surface area contributed by atoms with Crippen molar-refractivity contribution in [3.05, 3.63) is 78.0 Å². The molecule has 0 aliphatic carbocycles. The average molecular weight is 416 g/mol. The quantitative estimate of drug-likeness (QED) is 0.659. The fourth-order valence-electron chi connectivity index (χ4n) is 3.77. The summed E-state index contributed by atoms with van der Waals surface area (Å²) in [6.07, 6.45) is 1.87. The molecule has 4 rings (SSSR count). The molecule has 0 atom stereocenters. The predicted octanol–water partition coefficient (Wildman–Crippen LogP) is 3.89. The molecule has 3 aromatic rings. The monoisotopic (exact) mass is 416 g/mol. The topological polar surface area (TPSA) is 83.6 Å². The van der Waals surface area contributed by atoms with Gasteiger partial charge in [0.15, 0.2) is 0 Å². The molecule has 1 aliphatic rings. The van der Waals surface area contributed by atoms with Crippen molar-refractivity contribution in [3.8, 4) is 5.75 Å². The molecule has 0 bridgehead atoms. The number of anilines is 3. The predicted molar refractivity (Wildman–Crippen MR) is 120 cm³/mol. The Hall–Kier alpha value is -3.87. The Labute approximate surface area is 181 Å². The number of para-hydroxylation sites is 1. The smallest absolute Gasteiger partial charge is 0.255 e. The lowest BCUT2D eigenvalue weighted by atomic mass is 10.0. The van der Waals surface area contributed by atoms with Gasteiger partial charge in [-0.05, 0) is 49.7 Å². The molecule has 0 spiro atoms. The van der Waals surface area contributed by atoms with Gasteiger partial charge in [-0.25, -0.2) is 4.98 Å². The van der Waals surface area contributed by atoms with Crippen LogP contribution < -0.4 is 20.3 Å². The molecule has 2 aromatic carbocycles. The first kappa shape index (κ1) is 20.4. The van der Waals surface area contributed by atoms with Gasteiger partial charge in [-0.1, -0.05) is 24.3 Å². The molecule has 0 radical (unpaired) electrons. The van der Waals surface area contributed by atoms with Crippen molar-refractivity contribution in [3.63, 3.8) is 0 Å². The Morgan fingerprint density at radius 3 is 2.61 bits per heavy atom. The maximum atomic E-state index is 12.5. The highest BCUT2D eigenvalue weighted by molar-refractivity contribution is 6.04. The number of carbonyl (C=O) groups is 2. The number of pyridine rings is 1. The van der Waals surface area contributed by atoms with Crippen LogP contribution in [0.15, 0.2) is 66.9 Å². The highest BCUT2D eigenvalue weighted by Crippen LogP contribution is 2.38. The van der Waals surface area contributed by atoms with Crippen LogP contribution >= 0.6 is 0 Å². The lowest BCUT2D eigenvalue weighted by Gasteiger charge is -2.45. The fraction of sp³-hybridized carbons (Fsp3) is 0.208. The van der Waals surface area contributed by atoms with Crippen LogP contribution in [-0.2, 0) is 11.2 Å². The zero-order valence-electron chi connectivity index (χ0n) is 17.7. The van der Waals surface area contributed by atoms with Gasteiger partial charge in [0.2, 0.25) is 5.91 Å². The van der Waals surface area contributed by atoms with Crippen molar-refractivity contribution in [2.75, 3.05) is 17.3 Å². The largest absolute Gasteiger partial charge is 0.497 e. The first-order valence-electron chi connectivity index (χ1n) is 9.98. The van der Waals surface area contributed by atoms with E-state index in [0.29, 0.717) is 11.4 Å². The number of carbonyl (C=O) groups excluding carboxylic acids is 2. The number of aromatic nitrogens is 1. The molecule has 0 unspecified atom stereocenters. The van der Waals surface area contributed by atoms with E-state index in [0.717, 1.165) is 22.7 Å². The van der Waals surface area contributed by atoms with Gasteiger partial charge in [0.05, 0.1) is 24.8 Å². The van der Waals surface area contributed by atoms with E-state index in [4.69, 9.17) is 4.74 Å². The summed E-state index contributed by atoms with van der Waals surface area (Å²) in [5.41, 5.74) is 2.44. The van der Waals surface area contributed by atoms with Crippen LogP contribution in [0.4, 0.5) is 17.2 Å². The van der Waals surface area contributed by atoms with Gasteiger partial charge < -0.3 is 20.3 Å². The molecule has 0 fully saturated rings. The number of rotatable bonds is 5. The van der Waals surface area contributed by atoms with Crippen LogP contribution in [0.25, 0.3) is 0 Å². The number of benzene rings is 2. The highest BCUT2D eigenvalue weighted by Gasteiger charge is 2.37. The molecule has 7 heteroatoms. The third-order valence-corrected chi connectivity index (χ3v) is 5.16. The Morgan fingerprint density at radius 1 is 1.13 bits per heavy atom. The number of nitrogens with one attached hydrogen (secondary N) is 2. The van der Waals surface area contributed by atoms with Crippen molar-refractivity contribution in [1.82, 2.24) is 10.3 Å². The summed E-state index contributed by atoms with van der Waals surface area (Å²) in [7, 11) is 1.60. The lowest BCUT2D eigenvalue weighted by molar-refractivity contribution is -0.115. The molecule has 1 aromatic heterocycles. The summed E-state index contributed by atoms with van der Waals surface area (Å²) in [6.45, 7) is 3.87. The van der Waals surface area contributed by atoms with E-state index in [-0.39, 0.29) is 18.2 Å². The fourth-order valence-corrected chi connectivity index (χ4v) is 3.77. The second-order valence-electron chi connectivity index (χ2n) is 7.84. The number of nitrogens with zero attached hydrogens (tertiary/aromatic N) is 2. The number of ether oxygens (including phenoxy) is 1. The molecule has 0 saturated heterocycles. The molecule has 158 valence electrons. The molecule has 0 saturated carbocycles. The summed E-state index contributed by atoms with van der Waals surface area (Å²) < 4.78 is 5.15. The lowest BCUT2D eigenvalue weighted by Crippen LogP contribution is -2.58. The maximum Gasteiger partial charge on any atom is 0.255 e. The van der Waals surface area contributed by atoms with Gasteiger partial charge in [0.25, 0.3) is 5.91 Å². The standard InChI is InChI=1S/C24H24N4O3/c1-24(2)27-23(30)19-6-4-5-7-20(19)28(24)17-12-13-25-21(15-17)26-22(29)14-16-8-10-18(31-3)11-9-16/h4-13,15H,14H2,1-3H3,(H,27,30)(H,25,26,29). The SMILES string of the molecule is COc1ccc(CC(=O)Nc2cc(N3c4ccccc4C(=O)NC3(C)C)ccn2)cc1. The Kier molecular flexibility index (Phi) is 5.33. The highest BCUT2D eigenvalue weighted by atomic mass is 16.5. The first-order valence-corrected chi connectivity index (χ1v) is 9.98. The van der Waals surface area contributed by atoms with Crippen LogP contribution in [-0.4, -0.2) is 29.6 Å².